The third-order valence-electron chi connectivity index (χ3n) is 4.47. The molecule has 26 heavy (non-hydrogen) atoms. The number of fused-ring (bicyclic) bond motifs is 1. The molecule has 0 aliphatic rings. The molecular formula is C19H27N5OSi. The SMILES string of the molecule is Cc1cn(COCC[Si](C)(C)C)c2ncc(-c3ccnc(N)c3N)cc12. The molecule has 0 saturated carbocycles. The number of nitrogens with zero attached hydrogens (tertiary/aromatic N) is 3. The molecule has 0 aliphatic carbocycles. The Labute approximate surface area is 155 Å². The summed E-state index contributed by atoms with van der Waals surface area (Å²) < 4.78 is 7.94. The second-order valence-electron chi connectivity index (χ2n) is 7.88. The Morgan fingerprint density at radius 1 is 1.19 bits per heavy atom. The highest BCUT2D eigenvalue weighted by atomic mass is 28.3. The van der Waals surface area contributed by atoms with Gasteiger partial charge in [0.1, 0.15) is 18.2 Å². The van der Waals surface area contributed by atoms with Gasteiger partial charge in [-0.3, -0.25) is 0 Å². The van der Waals surface area contributed by atoms with Crippen molar-refractivity contribution in [3.63, 3.8) is 0 Å². The number of rotatable bonds is 6. The van der Waals surface area contributed by atoms with Crippen LogP contribution in [-0.2, 0) is 11.5 Å². The first-order chi connectivity index (χ1) is 12.3. The molecule has 4 N–H and O–H groups in total. The molecule has 0 atom stereocenters. The summed E-state index contributed by atoms with van der Waals surface area (Å²) in [5, 5.41) is 1.09. The van der Waals surface area contributed by atoms with Gasteiger partial charge in [-0.05, 0) is 30.7 Å². The van der Waals surface area contributed by atoms with Gasteiger partial charge in [0.2, 0.25) is 0 Å². The van der Waals surface area contributed by atoms with Gasteiger partial charge in [0.05, 0.1) is 5.69 Å². The van der Waals surface area contributed by atoms with Gasteiger partial charge in [0.25, 0.3) is 0 Å². The molecule has 3 rings (SSSR count). The lowest BCUT2D eigenvalue weighted by atomic mass is 10.1. The van der Waals surface area contributed by atoms with Crippen molar-refractivity contribution in [3.8, 4) is 11.1 Å². The molecule has 0 radical (unpaired) electrons. The summed E-state index contributed by atoms with van der Waals surface area (Å²) in [5.41, 5.74) is 16.3. The van der Waals surface area contributed by atoms with Crippen LogP contribution in [0.15, 0.2) is 30.7 Å². The smallest absolute Gasteiger partial charge is 0.147 e. The number of hydrogen-bond acceptors (Lipinski definition) is 5. The fourth-order valence-corrected chi connectivity index (χ4v) is 3.63. The standard InChI is InChI=1S/C19H27N5OSi/c1-13-11-24(12-25-7-8-26(2,3)4)19-16(13)9-14(10-23-19)15-5-6-22-18(21)17(15)20/h5-6,9-11H,7-8,12,20H2,1-4H3,(H2,21,22). The van der Waals surface area contributed by atoms with Gasteiger partial charge in [-0.1, -0.05) is 19.6 Å². The van der Waals surface area contributed by atoms with E-state index in [1.54, 1.807) is 6.20 Å². The van der Waals surface area contributed by atoms with Crippen molar-refractivity contribution in [3.05, 3.63) is 36.3 Å². The second kappa shape index (κ2) is 7.09. The number of anilines is 2. The van der Waals surface area contributed by atoms with E-state index in [0.717, 1.165) is 40.4 Å². The van der Waals surface area contributed by atoms with Crippen LogP contribution >= 0.6 is 0 Å². The fraction of sp³-hybridized carbons (Fsp3) is 0.368. The molecule has 0 saturated heterocycles. The number of nitrogen functional groups attached to an aromatic ring is 2. The van der Waals surface area contributed by atoms with Crippen LogP contribution in [0, 0.1) is 6.92 Å². The van der Waals surface area contributed by atoms with Crippen LogP contribution < -0.4 is 11.5 Å². The predicted octanol–water partition coefficient (Wildman–Crippen LogP) is 3.88. The van der Waals surface area contributed by atoms with Gasteiger partial charge in [-0.2, -0.15) is 0 Å². The fourth-order valence-electron chi connectivity index (χ4n) is 2.87. The monoisotopic (exact) mass is 369 g/mol. The zero-order valence-corrected chi connectivity index (χ0v) is 16.9. The molecule has 0 spiro atoms. The average molecular weight is 370 g/mol. The molecular weight excluding hydrogens is 342 g/mol. The normalized spacial score (nSPS) is 12.0. The van der Waals surface area contributed by atoms with Gasteiger partial charge in [-0.15, -0.1) is 0 Å². The Kier molecular flexibility index (Phi) is 5.02. The van der Waals surface area contributed by atoms with Crippen molar-refractivity contribution >= 4 is 30.6 Å². The van der Waals surface area contributed by atoms with E-state index in [1.165, 1.54) is 0 Å². The molecule has 7 heteroatoms. The Bertz CT molecular complexity index is 930. The number of hydrogen-bond donors (Lipinski definition) is 2. The number of aromatic nitrogens is 3. The van der Waals surface area contributed by atoms with Crippen molar-refractivity contribution in [2.45, 2.75) is 39.3 Å². The summed E-state index contributed by atoms with van der Waals surface area (Å²) in [6.07, 6.45) is 5.57. The molecule has 0 unspecified atom stereocenters. The molecule has 0 amide bonds. The van der Waals surface area contributed by atoms with E-state index < -0.39 is 8.07 Å². The van der Waals surface area contributed by atoms with Crippen molar-refractivity contribution in [1.82, 2.24) is 14.5 Å². The largest absolute Gasteiger partial charge is 0.395 e. The molecule has 0 aliphatic heterocycles. The third-order valence-corrected chi connectivity index (χ3v) is 6.18. The minimum Gasteiger partial charge on any atom is -0.395 e. The molecule has 0 bridgehead atoms. The Hall–Kier alpha value is -2.38. The molecule has 3 heterocycles. The van der Waals surface area contributed by atoms with Gasteiger partial charge >= 0.3 is 0 Å². The summed E-state index contributed by atoms with van der Waals surface area (Å²) in [7, 11) is -1.08. The second-order valence-corrected chi connectivity index (χ2v) is 13.5. The quantitative estimate of drug-likeness (QED) is 0.508. The van der Waals surface area contributed by atoms with Crippen LogP contribution in [0.5, 0.6) is 0 Å². The molecule has 0 fully saturated rings. The number of pyridine rings is 2. The van der Waals surface area contributed by atoms with E-state index in [-0.39, 0.29) is 0 Å². The maximum Gasteiger partial charge on any atom is 0.147 e. The van der Waals surface area contributed by atoms with Crippen LogP contribution in [0.2, 0.25) is 25.7 Å². The van der Waals surface area contributed by atoms with Crippen molar-refractivity contribution in [2.24, 2.45) is 0 Å². The molecule has 3 aromatic rings. The number of aryl methyl sites for hydroxylation is 1. The number of nitrogens with two attached hydrogens (primary N) is 2. The van der Waals surface area contributed by atoms with E-state index in [4.69, 9.17) is 16.2 Å². The van der Waals surface area contributed by atoms with E-state index >= 15 is 0 Å². The molecule has 138 valence electrons. The molecule has 0 aromatic carbocycles. The highest BCUT2D eigenvalue weighted by molar-refractivity contribution is 6.76. The van der Waals surface area contributed by atoms with Gasteiger partial charge in [-0.25, -0.2) is 9.97 Å². The summed E-state index contributed by atoms with van der Waals surface area (Å²) in [4.78, 5) is 8.67. The highest BCUT2D eigenvalue weighted by Gasteiger charge is 2.14. The maximum atomic E-state index is 6.08. The summed E-state index contributed by atoms with van der Waals surface area (Å²) in [6, 6.07) is 5.12. The van der Waals surface area contributed by atoms with Gasteiger partial charge < -0.3 is 20.8 Å². The summed E-state index contributed by atoms with van der Waals surface area (Å²) in [6.45, 7) is 10.5. The summed E-state index contributed by atoms with van der Waals surface area (Å²) >= 11 is 0. The van der Waals surface area contributed by atoms with Gasteiger partial charge in [0.15, 0.2) is 0 Å². The first kappa shape index (κ1) is 18.4. The minimum atomic E-state index is -1.08. The number of ether oxygens (including phenoxy) is 1. The minimum absolute atomic E-state index is 0.340. The lowest BCUT2D eigenvalue weighted by molar-refractivity contribution is 0.0898. The van der Waals surface area contributed by atoms with E-state index in [9.17, 15) is 0 Å². The first-order valence-corrected chi connectivity index (χ1v) is 12.5. The Balaban J connectivity index is 1.85. The van der Waals surface area contributed by atoms with E-state index in [2.05, 4.69) is 53.4 Å². The third kappa shape index (κ3) is 3.89. The zero-order chi connectivity index (χ0) is 18.9. The highest BCUT2D eigenvalue weighted by Crippen LogP contribution is 2.31. The molecule has 3 aromatic heterocycles. The zero-order valence-electron chi connectivity index (χ0n) is 15.9. The van der Waals surface area contributed by atoms with Crippen LogP contribution in [0.1, 0.15) is 5.56 Å². The topological polar surface area (TPSA) is 92.0 Å². The average Bonchev–Trinajstić information content (AvgIpc) is 2.89. The Morgan fingerprint density at radius 3 is 2.69 bits per heavy atom. The van der Waals surface area contributed by atoms with E-state index in [1.807, 2.05) is 12.3 Å². The Morgan fingerprint density at radius 2 is 1.96 bits per heavy atom. The van der Waals surface area contributed by atoms with Crippen molar-refractivity contribution in [2.75, 3.05) is 18.1 Å². The van der Waals surface area contributed by atoms with E-state index in [0.29, 0.717) is 18.2 Å². The lowest BCUT2D eigenvalue weighted by Gasteiger charge is -2.15. The van der Waals surface area contributed by atoms with Crippen LogP contribution in [0.4, 0.5) is 11.5 Å². The van der Waals surface area contributed by atoms with Gasteiger partial charge in [0, 0.05) is 49.8 Å². The maximum absolute atomic E-state index is 6.08. The van der Waals surface area contributed by atoms with Crippen LogP contribution in [-0.4, -0.2) is 29.2 Å². The summed E-state index contributed by atoms with van der Waals surface area (Å²) in [5.74, 6) is 0.340. The van der Waals surface area contributed by atoms with Crippen molar-refractivity contribution in [1.29, 1.82) is 0 Å². The van der Waals surface area contributed by atoms with Crippen LogP contribution in [0.25, 0.3) is 22.2 Å². The molecule has 6 nitrogen and oxygen atoms in total. The predicted molar refractivity (Wildman–Crippen MR) is 111 cm³/mol. The van der Waals surface area contributed by atoms with Crippen molar-refractivity contribution < 1.29 is 4.74 Å². The lowest BCUT2D eigenvalue weighted by Crippen LogP contribution is -2.22. The van der Waals surface area contributed by atoms with Crippen LogP contribution in [0.3, 0.4) is 0 Å². The first-order valence-electron chi connectivity index (χ1n) is 8.80.